The summed E-state index contributed by atoms with van der Waals surface area (Å²) in [5.41, 5.74) is 8.49. The molecule has 1 heterocycles. The number of rotatable bonds is 6. The second-order valence-corrected chi connectivity index (χ2v) is 7.05. The van der Waals surface area contributed by atoms with Crippen molar-refractivity contribution in [3.05, 3.63) is 65.7 Å². The number of anilines is 1. The number of β-amino-alcohol motifs (C(OH)–C–C–N with tert-alkyl or cyclic N) is 1. The van der Waals surface area contributed by atoms with E-state index in [9.17, 15) is 9.90 Å². The predicted molar refractivity (Wildman–Crippen MR) is 104 cm³/mol. The fourth-order valence-electron chi connectivity index (χ4n) is 3.46. The highest BCUT2D eigenvalue weighted by molar-refractivity contribution is 5.79. The molecule has 0 radical (unpaired) electrons. The third-order valence-corrected chi connectivity index (χ3v) is 5.06. The van der Waals surface area contributed by atoms with Crippen LogP contribution in [0.15, 0.2) is 54.6 Å². The van der Waals surface area contributed by atoms with Crippen molar-refractivity contribution in [2.75, 3.05) is 32.4 Å². The van der Waals surface area contributed by atoms with Crippen molar-refractivity contribution in [2.45, 2.75) is 25.0 Å². The van der Waals surface area contributed by atoms with E-state index in [4.69, 9.17) is 5.73 Å². The maximum Gasteiger partial charge on any atom is 0.227 e. The van der Waals surface area contributed by atoms with Crippen LogP contribution in [0.25, 0.3) is 0 Å². The molecule has 138 valence electrons. The van der Waals surface area contributed by atoms with Crippen LogP contribution < -0.4 is 5.73 Å². The molecule has 0 aromatic heterocycles. The Morgan fingerprint density at radius 1 is 1.23 bits per heavy atom. The molecule has 1 aliphatic heterocycles. The molecule has 2 atom stereocenters. The number of hydrogen-bond acceptors (Lipinski definition) is 4. The Morgan fingerprint density at radius 3 is 2.54 bits per heavy atom. The van der Waals surface area contributed by atoms with E-state index < -0.39 is 0 Å². The first-order valence-corrected chi connectivity index (χ1v) is 9.08. The smallest absolute Gasteiger partial charge is 0.227 e. The second-order valence-electron chi connectivity index (χ2n) is 7.05. The van der Waals surface area contributed by atoms with Crippen molar-refractivity contribution in [3.63, 3.8) is 0 Å². The Labute approximate surface area is 155 Å². The van der Waals surface area contributed by atoms with E-state index in [0.29, 0.717) is 18.7 Å². The van der Waals surface area contributed by atoms with Gasteiger partial charge in [-0.25, -0.2) is 0 Å². The van der Waals surface area contributed by atoms with Crippen LogP contribution in [0.2, 0.25) is 0 Å². The van der Waals surface area contributed by atoms with E-state index in [2.05, 4.69) is 17.0 Å². The van der Waals surface area contributed by atoms with Crippen molar-refractivity contribution in [1.29, 1.82) is 0 Å². The Bertz CT molecular complexity index is 718. The summed E-state index contributed by atoms with van der Waals surface area (Å²) in [5.74, 6) is 0.0726. The van der Waals surface area contributed by atoms with Gasteiger partial charge in [0.2, 0.25) is 5.91 Å². The average molecular weight is 353 g/mol. The Balaban J connectivity index is 1.74. The van der Waals surface area contributed by atoms with Crippen molar-refractivity contribution >= 4 is 11.6 Å². The minimum absolute atomic E-state index is 0.0391. The molecular formula is C21H27N3O2. The molecule has 2 aromatic carbocycles. The number of nitrogens with zero attached hydrogens (tertiary/aromatic N) is 2. The molecule has 5 nitrogen and oxygen atoms in total. The molecule has 0 saturated carbocycles. The Kier molecular flexibility index (Phi) is 5.91. The van der Waals surface area contributed by atoms with E-state index in [1.165, 1.54) is 0 Å². The largest absolute Gasteiger partial charge is 0.399 e. The molecule has 26 heavy (non-hydrogen) atoms. The summed E-state index contributed by atoms with van der Waals surface area (Å²) in [6, 6.07) is 17.5. The van der Waals surface area contributed by atoms with E-state index in [1.54, 1.807) is 0 Å². The number of aliphatic hydroxyl groups excluding tert-OH is 1. The number of benzene rings is 2. The highest BCUT2D eigenvalue weighted by Crippen LogP contribution is 2.24. The lowest BCUT2D eigenvalue weighted by molar-refractivity contribution is -0.131. The van der Waals surface area contributed by atoms with E-state index in [1.807, 2.05) is 54.4 Å². The van der Waals surface area contributed by atoms with Crippen molar-refractivity contribution in [1.82, 2.24) is 9.80 Å². The lowest BCUT2D eigenvalue weighted by Crippen LogP contribution is -2.39. The van der Waals surface area contributed by atoms with Crippen LogP contribution in [-0.2, 0) is 11.2 Å². The topological polar surface area (TPSA) is 69.8 Å². The fourth-order valence-corrected chi connectivity index (χ4v) is 3.46. The van der Waals surface area contributed by atoms with E-state index in [0.717, 1.165) is 30.6 Å². The minimum atomic E-state index is -0.262. The van der Waals surface area contributed by atoms with Gasteiger partial charge in [-0.3, -0.25) is 9.69 Å². The van der Waals surface area contributed by atoms with Gasteiger partial charge in [0, 0.05) is 32.4 Å². The monoisotopic (exact) mass is 353 g/mol. The Morgan fingerprint density at radius 2 is 1.92 bits per heavy atom. The highest BCUT2D eigenvalue weighted by Gasteiger charge is 2.28. The van der Waals surface area contributed by atoms with Crippen LogP contribution in [0.3, 0.4) is 0 Å². The second kappa shape index (κ2) is 8.34. The molecule has 0 unspecified atom stereocenters. The van der Waals surface area contributed by atoms with Crippen molar-refractivity contribution in [2.24, 2.45) is 0 Å². The number of nitrogen functional groups attached to an aromatic ring is 1. The number of amides is 1. The van der Waals surface area contributed by atoms with Gasteiger partial charge in [-0.2, -0.15) is 0 Å². The number of hydrogen-bond donors (Lipinski definition) is 2. The first-order valence-electron chi connectivity index (χ1n) is 9.08. The van der Waals surface area contributed by atoms with Crippen LogP contribution in [-0.4, -0.2) is 53.6 Å². The molecule has 2 aromatic rings. The molecule has 1 saturated heterocycles. The SMILES string of the molecule is CN(C(=O)Cc1ccc(N)cc1)[C@H](CN1CC[C@H](O)C1)c1ccccc1. The lowest BCUT2D eigenvalue weighted by atomic mass is 10.0. The zero-order valence-corrected chi connectivity index (χ0v) is 15.2. The summed E-state index contributed by atoms with van der Waals surface area (Å²) >= 11 is 0. The molecule has 0 bridgehead atoms. The molecule has 0 aliphatic carbocycles. The summed E-state index contributed by atoms with van der Waals surface area (Å²) in [4.78, 5) is 16.9. The van der Waals surface area contributed by atoms with Crippen LogP contribution >= 0.6 is 0 Å². The third-order valence-electron chi connectivity index (χ3n) is 5.06. The van der Waals surface area contributed by atoms with Gasteiger partial charge in [-0.1, -0.05) is 42.5 Å². The summed E-state index contributed by atoms with van der Waals surface area (Å²) < 4.78 is 0. The summed E-state index contributed by atoms with van der Waals surface area (Å²) in [6.07, 6.45) is 0.884. The molecule has 3 rings (SSSR count). The molecule has 0 spiro atoms. The molecule has 5 heteroatoms. The number of nitrogens with two attached hydrogens (primary N) is 1. The van der Waals surface area contributed by atoms with Crippen LogP contribution in [0.5, 0.6) is 0 Å². The number of carbonyl (C=O) groups is 1. The average Bonchev–Trinajstić information content (AvgIpc) is 3.07. The van der Waals surface area contributed by atoms with Gasteiger partial charge in [0.05, 0.1) is 18.6 Å². The van der Waals surface area contributed by atoms with Gasteiger partial charge < -0.3 is 15.7 Å². The zero-order valence-electron chi connectivity index (χ0n) is 15.2. The molecule has 1 amide bonds. The molecule has 1 fully saturated rings. The fraction of sp³-hybridized carbons (Fsp3) is 0.381. The Hall–Kier alpha value is -2.37. The highest BCUT2D eigenvalue weighted by atomic mass is 16.3. The number of carbonyl (C=O) groups excluding carboxylic acids is 1. The van der Waals surface area contributed by atoms with Gasteiger partial charge in [-0.05, 0) is 29.7 Å². The first kappa shape index (κ1) is 18.4. The normalized spacial score (nSPS) is 18.6. The maximum atomic E-state index is 12.9. The van der Waals surface area contributed by atoms with Gasteiger partial charge in [0.15, 0.2) is 0 Å². The number of aliphatic hydroxyl groups is 1. The minimum Gasteiger partial charge on any atom is -0.399 e. The molecular weight excluding hydrogens is 326 g/mol. The van der Waals surface area contributed by atoms with E-state index >= 15 is 0 Å². The summed E-state index contributed by atoms with van der Waals surface area (Å²) in [7, 11) is 1.86. The van der Waals surface area contributed by atoms with Crippen molar-refractivity contribution in [3.8, 4) is 0 Å². The third kappa shape index (κ3) is 4.62. The standard InChI is InChI=1S/C21H27N3O2/c1-23(21(26)13-16-7-9-18(22)10-8-16)20(17-5-3-2-4-6-17)15-24-12-11-19(25)14-24/h2-10,19-20,25H,11-15,22H2,1H3/t19-,20+/m0/s1. The van der Waals surface area contributed by atoms with Crippen molar-refractivity contribution < 1.29 is 9.90 Å². The molecule has 3 N–H and O–H groups in total. The maximum absolute atomic E-state index is 12.9. The summed E-state index contributed by atoms with van der Waals surface area (Å²) in [5, 5.41) is 9.82. The van der Waals surface area contributed by atoms with Crippen LogP contribution in [0.1, 0.15) is 23.6 Å². The summed E-state index contributed by atoms with van der Waals surface area (Å²) in [6.45, 7) is 2.26. The number of likely N-dealkylation sites (tertiary alicyclic amines) is 1. The number of likely N-dealkylation sites (N-methyl/N-ethyl adjacent to an activating group) is 1. The van der Waals surface area contributed by atoms with E-state index in [-0.39, 0.29) is 18.1 Å². The predicted octanol–water partition coefficient (Wildman–Crippen LogP) is 2.08. The van der Waals surface area contributed by atoms with Gasteiger partial charge in [-0.15, -0.1) is 0 Å². The van der Waals surface area contributed by atoms with Crippen LogP contribution in [0, 0.1) is 0 Å². The van der Waals surface area contributed by atoms with Gasteiger partial charge in [0.25, 0.3) is 0 Å². The van der Waals surface area contributed by atoms with Crippen LogP contribution in [0.4, 0.5) is 5.69 Å². The quantitative estimate of drug-likeness (QED) is 0.780. The zero-order chi connectivity index (χ0) is 18.5. The van der Waals surface area contributed by atoms with Gasteiger partial charge >= 0.3 is 0 Å². The van der Waals surface area contributed by atoms with Gasteiger partial charge in [0.1, 0.15) is 0 Å². The lowest BCUT2D eigenvalue weighted by Gasteiger charge is -2.32. The first-order chi connectivity index (χ1) is 12.5. The molecule has 1 aliphatic rings.